The summed E-state index contributed by atoms with van der Waals surface area (Å²) in [6, 6.07) is 14.0. The second-order valence-corrected chi connectivity index (χ2v) is 8.08. The lowest BCUT2D eigenvalue weighted by molar-refractivity contribution is -0.384. The maximum absolute atomic E-state index is 10.7. The van der Waals surface area contributed by atoms with Crippen LogP contribution in [0.25, 0.3) is 21.7 Å². The number of nitro benzene ring substituents is 1. The highest BCUT2D eigenvalue weighted by Crippen LogP contribution is 2.38. The summed E-state index contributed by atoms with van der Waals surface area (Å²) >= 11 is 3.19. The molecule has 0 N–H and O–H groups in total. The quantitative estimate of drug-likeness (QED) is 0.268. The van der Waals surface area contributed by atoms with Gasteiger partial charge in [-0.3, -0.25) is 10.1 Å². The fourth-order valence-electron chi connectivity index (χ4n) is 2.34. The zero-order chi connectivity index (χ0) is 18.1. The first-order valence-electron chi connectivity index (χ1n) is 7.70. The highest BCUT2D eigenvalue weighted by Gasteiger charge is 2.18. The number of nitro groups is 1. The molecule has 0 bridgehead atoms. The van der Waals surface area contributed by atoms with E-state index in [2.05, 4.69) is 15.2 Å². The molecule has 4 rings (SSSR count). The third-order valence-corrected chi connectivity index (χ3v) is 5.88. The number of hydrogen-bond acceptors (Lipinski definition) is 8. The summed E-state index contributed by atoms with van der Waals surface area (Å²) in [5.41, 5.74) is 1.64. The van der Waals surface area contributed by atoms with Crippen molar-refractivity contribution >= 4 is 39.0 Å². The van der Waals surface area contributed by atoms with Gasteiger partial charge in [0, 0.05) is 17.7 Å². The highest BCUT2D eigenvalue weighted by molar-refractivity contribution is 8.01. The molecule has 0 aliphatic carbocycles. The van der Waals surface area contributed by atoms with Crippen LogP contribution in [0.15, 0.2) is 57.3 Å². The first-order chi connectivity index (χ1) is 12.6. The van der Waals surface area contributed by atoms with Gasteiger partial charge in [-0.25, -0.2) is 4.98 Å². The summed E-state index contributed by atoms with van der Waals surface area (Å²) in [7, 11) is 0. The molecular formula is C17H12N4O3S2. The van der Waals surface area contributed by atoms with E-state index in [-0.39, 0.29) is 10.9 Å². The average Bonchev–Trinajstić information content (AvgIpc) is 3.28. The molecule has 0 saturated heterocycles. The Hall–Kier alpha value is -2.78. The topological polar surface area (TPSA) is 95.0 Å². The average molecular weight is 384 g/mol. The van der Waals surface area contributed by atoms with Crippen molar-refractivity contribution in [2.45, 2.75) is 16.5 Å². The van der Waals surface area contributed by atoms with Gasteiger partial charge in [0.05, 0.1) is 20.4 Å². The van der Waals surface area contributed by atoms with E-state index in [1.807, 2.05) is 31.2 Å². The van der Waals surface area contributed by atoms with E-state index in [4.69, 9.17) is 4.42 Å². The number of aromatic nitrogens is 3. The molecular weight excluding hydrogens is 372 g/mol. The monoisotopic (exact) mass is 384 g/mol. The van der Waals surface area contributed by atoms with Crippen molar-refractivity contribution in [2.75, 3.05) is 0 Å². The molecule has 0 spiro atoms. The van der Waals surface area contributed by atoms with E-state index < -0.39 is 4.92 Å². The van der Waals surface area contributed by atoms with Gasteiger partial charge in [0.15, 0.2) is 4.34 Å². The molecule has 1 unspecified atom stereocenters. The number of benzene rings is 2. The lowest BCUT2D eigenvalue weighted by Gasteiger charge is -2.02. The van der Waals surface area contributed by atoms with Gasteiger partial charge in [0.25, 0.3) is 5.69 Å². The minimum absolute atomic E-state index is 0.0215. The van der Waals surface area contributed by atoms with Crippen molar-refractivity contribution in [1.29, 1.82) is 0 Å². The number of non-ortho nitro benzene ring substituents is 1. The maximum atomic E-state index is 10.7. The number of para-hydroxylation sites is 1. The Morgan fingerprint density at radius 1 is 1.15 bits per heavy atom. The van der Waals surface area contributed by atoms with E-state index in [0.29, 0.717) is 17.3 Å². The minimum atomic E-state index is -0.445. The van der Waals surface area contributed by atoms with Crippen LogP contribution in [0.1, 0.15) is 18.1 Å². The van der Waals surface area contributed by atoms with Gasteiger partial charge < -0.3 is 4.42 Å². The van der Waals surface area contributed by atoms with E-state index >= 15 is 0 Å². The number of thiazole rings is 1. The second-order valence-electron chi connectivity index (χ2n) is 5.46. The Bertz CT molecular complexity index is 1040. The van der Waals surface area contributed by atoms with Crippen LogP contribution in [0.4, 0.5) is 5.69 Å². The van der Waals surface area contributed by atoms with Gasteiger partial charge in [0.1, 0.15) is 0 Å². The number of fused-ring (bicyclic) bond motifs is 1. The molecule has 4 aromatic rings. The summed E-state index contributed by atoms with van der Waals surface area (Å²) in [5.74, 6) is 0.828. The van der Waals surface area contributed by atoms with Crippen LogP contribution >= 0.6 is 23.1 Å². The number of nitrogens with zero attached hydrogens (tertiary/aromatic N) is 4. The summed E-state index contributed by atoms with van der Waals surface area (Å²) in [6.45, 7) is 1.98. The molecule has 2 aromatic carbocycles. The van der Waals surface area contributed by atoms with Crippen LogP contribution < -0.4 is 0 Å². The first-order valence-corrected chi connectivity index (χ1v) is 9.40. The molecule has 130 valence electrons. The summed E-state index contributed by atoms with van der Waals surface area (Å²) in [5, 5.41) is 18.8. The largest absolute Gasteiger partial charge is 0.419 e. The van der Waals surface area contributed by atoms with Crippen molar-refractivity contribution in [3.8, 4) is 11.5 Å². The van der Waals surface area contributed by atoms with Crippen molar-refractivity contribution in [2.24, 2.45) is 0 Å². The lowest BCUT2D eigenvalue weighted by atomic mass is 10.2. The predicted octanol–water partition coefficient (Wildman–Crippen LogP) is 5.11. The predicted molar refractivity (Wildman–Crippen MR) is 100 cm³/mol. The maximum Gasteiger partial charge on any atom is 0.269 e. The molecule has 0 amide bonds. The SMILES string of the molecule is CC(Sc1nc2ccccc2s1)c1nnc(-c2ccc([N+](=O)[O-])cc2)o1. The molecule has 2 heterocycles. The molecule has 0 fully saturated rings. The van der Waals surface area contributed by atoms with Crippen LogP contribution in [0.3, 0.4) is 0 Å². The Labute approximate surface area is 156 Å². The Morgan fingerprint density at radius 3 is 2.65 bits per heavy atom. The molecule has 0 aliphatic heterocycles. The molecule has 7 nitrogen and oxygen atoms in total. The van der Waals surface area contributed by atoms with Gasteiger partial charge in [-0.1, -0.05) is 23.9 Å². The van der Waals surface area contributed by atoms with Crippen LogP contribution in [-0.2, 0) is 0 Å². The minimum Gasteiger partial charge on any atom is -0.419 e. The molecule has 2 aromatic heterocycles. The second kappa shape index (κ2) is 6.85. The molecule has 9 heteroatoms. The molecule has 0 saturated carbocycles. The smallest absolute Gasteiger partial charge is 0.269 e. The molecule has 1 atom stereocenters. The Balaban J connectivity index is 1.52. The Kier molecular flexibility index (Phi) is 4.39. The van der Waals surface area contributed by atoms with Crippen LogP contribution in [0.2, 0.25) is 0 Å². The van der Waals surface area contributed by atoms with E-state index in [1.165, 1.54) is 12.1 Å². The molecule has 0 aliphatic rings. The van der Waals surface area contributed by atoms with Gasteiger partial charge in [-0.05, 0) is 31.2 Å². The first kappa shape index (κ1) is 16.7. The van der Waals surface area contributed by atoms with E-state index in [9.17, 15) is 10.1 Å². The van der Waals surface area contributed by atoms with Crippen LogP contribution in [0.5, 0.6) is 0 Å². The van der Waals surface area contributed by atoms with Crippen molar-refractivity contribution in [3.05, 3.63) is 64.5 Å². The molecule has 26 heavy (non-hydrogen) atoms. The molecule has 0 radical (unpaired) electrons. The van der Waals surface area contributed by atoms with Gasteiger partial charge in [0.2, 0.25) is 11.8 Å². The van der Waals surface area contributed by atoms with Crippen LogP contribution in [-0.4, -0.2) is 20.1 Å². The highest BCUT2D eigenvalue weighted by atomic mass is 32.2. The number of hydrogen-bond donors (Lipinski definition) is 0. The third kappa shape index (κ3) is 3.31. The van der Waals surface area contributed by atoms with Gasteiger partial charge in [-0.2, -0.15) is 0 Å². The van der Waals surface area contributed by atoms with Gasteiger partial charge >= 0.3 is 0 Å². The van der Waals surface area contributed by atoms with Crippen molar-refractivity contribution < 1.29 is 9.34 Å². The summed E-state index contributed by atoms with van der Waals surface area (Å²) < 4.78 is 7.82. The standard InChI is InChI=1S/C17H12N4O3S2/c1-10(25-17-18-13-4-2-3-5-14(13)26-17)15-19-20-16(24-15)11-6-8-12(9-7-11)21(22)23/h2-10H,1H3. The number of thioether (sulfide) groups is 1. The summed E-state index contributed by atoms with van der Waals surface area (Å²) in [6.07, 6.45) is 0. The van der Waals surface area contributed by atoms with E-state index in [1.54, 1.807) is 35.2 Å². The normalized spacial score (nSPS) is 12.3. The fourth-order valence-corrected chi connectivity index (χ4v) is 4.59. The van der Waals surface area contributed by atoms with Crippen molar-refractivity contribution in [3.63, 3.8) is 0 Å². The van der Waals surface area contributed by atoms with E-state index in [0.717, 1.165) is 14.6 Å². The zero-order valence-corrected chi connectivity index (χ0v) is 15.2. The number of rotatable bonds is 5. The fraction of sp³-hybridized carbons (Fsp3) is 0.118. The summed E-state index contributed by atoms with van der Waals surface area (Å²) in [4.78, 5) is 14.9. The van der Waals surface area contributed by atoms with Crippen LogP contribution in [0, 0.1) is 10.1 Å². The van der Waals surface area contributed by atoms with Crippen molar-refractivity contribution in [1.82, 2.24) is 15.2 Å². The lowest BCUT2D eigenvalue weighted by Crippen LogP contribution is -1.88. The Morgan fingerprint density at radius 2 is 1.92 bits per heavy atom. The third-order valence-electron chi connectivity index (χ3n) is 3.67. The van der Waals surface area contributed by atoms with Gasteiger partial charge in [-0.15, -0.1) is 21.5 Å². The zero-order valence-electron chi connectivity index (χ0n) is 13.5.